The van der Waals surface area contributed by atoms with E-state index in [-0.39, 0.29) is 0 Å². The van der Waals surface area contributed by atoms with Crippen LogP contribution in [0.1, 0.15) is 19.0 Å². The number of hydrogen-bond acceptors (Lipinski definition) is 5. The summed E-state index contributed by atoms with van der Waals surface area (Å²) in [5.74, 6) is 2.91. The van der Waals surface area contributed by atoms with Crippen molar-refractivity contribution < 1.29 is 9.47 Å². The topological polar surface area (TPSA) is 56.3 Å². The maximum absolute atomic E-state index is 5.44. The predicted octanol–water partition coefficient (Wildman–Crippen LogP) is 3.16. The molecule has 0 spiro atoms. The second kappa shape index (κ2) is 6.92. The quantitative estimate of drug-likeness (QED) is 0.884. The van der Waals surface area contributed by atoms with E-state index in [1.165, 1.54) is 0 Å². The molecule has 0 fully saturated rings. The highest BCUT2D eigenvalue weighted by Crippen LogP contribution is 2.32. The molecule has 1 heterocycles. The number of hydrogen-bond donors (Lipinski definition) is 1. The highest BCUT2D eigenvalue weighted by molar-refractivity contribution is 5.67. The summed E-state index contributed by atoms with van der Waals surface area (Å²) in [5, 5.41) is 3.08. The fourth-order valence-electron chi connectivity index (χ4n) is 2.11. The Bertz CT molecular complexity index is 614. The number of aryl methyl sites for hydroxylation is 1. The lowest BCUT2D eigenvalue weighted by atomic mass is 10.1. The van der Waals surface area contributed by atoms with Gasteiger partial charge in [-0.15, -0.1) is 0 Å². The third-order valence-corrected chi connectivity index (χ3v) is 3.19. The van der Waals surface area contributed by atoms with Crippen molar-refractivity contribution in [3.05, 3.63) is 30.0 Å². The Balaban J connectivity index is 2.52. The normalized spacial score (nSPS) is 10.3. The molecule has 0 saturated heterocycles. The molecule has 0 aliphatic carbocycles. The van der Waals surface area contributed by atoms with E-state index in [0.717, 1.165) is 35.7 Å². The maximum Gasteiger partial charge on any atom is 0.165 e. The lowest BCUT2D eigenvalue weighted by Gasteiger charge is -2.11. The van der Waals surface area contributed by atoms with Crippen LogP contribution in [0.4, 0.5) is 5.82 Å². The summed E-state index contributed by atoms with van der Waals surface area (Å²) in [6.07, 6.45) is 1.96. The minimum atomic E-state index is 0.657. The maximum atomic E-state index is 5.44. The lowest BCUT2D eigenvalue weighted by molar-refractivity contribution is 0.395. The van der Waals surface area contributed by atoms with Gasteiger partial charge in [0.05, 0.1) is 19.8 Å². The van der Waals surface area contributed by atoms with Crippen molar-refractivity contribution in [3.63, 3.8) is 0 Å². The SMILES string of the molecule is CCCc1cc(NC)nc(-c2ccc(OC)cc2OC)n1. The number of ether oxygens (including phenoxy) is 2. The molecule has 2 rings (SSSR count). The minimum absolute atomic E-state index is 0.657. The van der Waals surface area contributed by atoms with Gasteiger partial charge in [0.2, 0.25) is 0 Å². The van der Waals surface area contributed by atoms with Gasteiger partial charge in [-0.2, -0.15) is 0 Å². The Hall–Kier alpha value is -2.30. The molecule has 0 atom stereocenters. The van der Waals surface area contributed by atoms with Crippen molar-refractivity contribution >= 4 is 5.82 Å². The number of rotatable bonds is 6. The van der Waals surface area contributed by atoms with Crippen molar-refractivity contribution in [1.82, 2.24) is 9.97 Å². The van der Waals surface area contributed by atoms with E-state index in [0.29, 0.717) is 11.6 Å². The van der Waals surface area contributed by atoms with Crippen molar-refractivity contribution in [2.45, 2.75) is 19.8 Å². The molecule has 2 aromatic rings. The zero-order valence-corrected chi connectivity index (χ0v) is 12.9. The highest BCUT2D eigenvalue weighted by Gasteiger charge is 2.12. The van der Waals surface area contributed by atoms with Crippen molar-refractivity contribution in [1.29, 1.82) is 0 Å². The smallest absolute Gasteiger partial charge is 0.165 e. The number of nitrogens with one attached hydrogen (secondary N) is 1. The van der Waals surface area contributed by atoms with Crippen LogP contribution in [0.25, 0.3) is 11.4 Å². The summed E-state index contributed by atoms with van der Waals surface area (Å²) < 4.78 is 10.7. The Morgan fingerprint density at radius 3 is 2.52 bits per heavy atom. The first kappa shape index (κ1) is 15.1. The second-order valence-corrected chi connectivity index (χ2v) is 4.63. The third-order valence-electron chi connectivity index (χ3n) is 3.19. The number of nitrogens with zero attached hydrogens (tertiary/aromatic N) is 2. The Kier molecular flexibility index (Phi) is 4.98. The molecule has 0 saturated carbocycles. The van der Waals surface area contributed by atoms with Crippen LogP contribution < -0.4 is 14.8 Å². The molecule has 21 heavy (non-hydrogen) atoms. The largest absolute Gasteiger partial charge is 0.497 e. The molecule has 112 valence electrons. The summed E-state index contributed by atoms with van der Waals surface area (Å²) >= 11 is 0. The summed E-state index contributed by atoms with van der Waals surface area (Å²) in [6.45, 7) is 2.13. The van der Waals surface area contributed by atoms with Crippen molar-refractivity contribution in [3.8, 4) is 22.9 Å². The van der Waals surface area contributed by atoms with Crippen molar-refractivity contribution in [2.24, 2.45) is 0 Å². The van der Waals surface area contributed by atoms with Crippen LogP contribution in [-0.2, 0) is 6.42 Å². The second-order valence-electron chi connectivity index (χ2n) is 4.63. The van der Waals surface area contributed by atoms with Crippen LogP contribution in [0, 0.1) is 0 Å². The molecule has 0 amide bonds. The van der Waals surface area contributed by atoms with Crippen LogP contribution in [0.2, 0.25) is 0 Å². The third kappa shape index (κ3) is 3.42. The van der Waals surface area contributed by atoms with Gasteiger partial charge in [0, 0.05) is 24.9 Å². The summed E-state index contributed by atoms with van der Waals surface area (Å²) in [4.78, 5) is 9.16. The number of aromatic nitrogens is 2. The zero-order chi connectivity index (χ0) is 15.2. The molecule has 0 bridgehead atoms. The molecular formula is C16H21N3O2. The lowest BCUT2D eigenvalue weighted by Crippen LogP contribution is -2.02. The van der Waals surface area contributed by atoms with Gasteiger partial charge in [-0.05, 0) is 18.6 Å². The summed E-state index contributed by atoms with van der Waals surface area (Å²) in [6, 6.07) is 7.61. The van der Waals surface area contributed by atoms with Gasteiger partial charge < -0.3 is 14.8 Å². The molecular weight excluding hydrogens is 266 g/mol. The fourth-order valence-corrected chi connectivity index (χ4v) is 2.11. The van der Waals surface area contributed by atoms with Crippen molar-refractivity contribution in [2.75, 3.05) is 26.6 Å². The van der Waals surface area contributed by atoms with Crippen LogP contribution in [-0.4, -0.2) is 31.2 Å². The molecule has 0 aliphatic rings. The van der Waals surface area contributed by atoms with E-state index in [2.05, 4.69) is 22.2 Å². The predicted molar refractivity (Wildman–Crippen MR) is 84.1 cm³/mol. The van der Waals surface area contributed by atoms with Gasteiger partial charge in [0.1, 0.15) is 17.3 Å². The van der Waals surface area contributed by atoms with Crippen LogP contribution in [0.5, 0.6) is 11.5 Å². The van der Waals surface area contributed by atoms with Crippen LogP contribution in [0.3, 0.4) is 0 Å². The summed E-state index contributed by atoms with van der Waals surface area (Å²) in [5.41, 5.74) is 1.87. The minimum Gasteiger partial charge on any atom is -0.497 e. The van der Waals surface area contributed by atoms with E-state index < -0.39 is 0 Å². The standard InChI is InChI=1S/C16H21N3O2/c1-5-6-11-9-15(17-2)19-16(18-11)13-8-7-12(20-3)10-14(13)21-4/h7-10H,5-6H2,1-4H3,(H,17,18,19). The fraction of sp³-hybridized carbons (Fsp3) is 0.375. The van der Waals surface area contributed by atoms with Gasteiger partial charge in [-0.25, -0.2) is 9.97 Å². The Labute approximate surface area is 125 Å². The van der Waals surface area contributed by atoms with Gasteiger partial charge >= 0.3 is 0 Å². The first-order valence-electron chi connectivity index (χ1n) is 7.00. The van der Waals surface area contributed by atoms with E-state index >= 15 is 0 Å². The van der Waals surface area contributed by atoms with E-state index in [1.807, 2.05) is 31.3 Å². The van der Waals surface area contributed by atoms with Crippen LogP contribution in [0.15, 0.2) is 24.3 Å². The number of benzene rings is 1. The molecule has 1 aromatic heterocycles. The number of methoxy groups -OCH3 is 2. The average Bonchev–Trinajstić information content (AvgIpc) is 2.54. The van der Waals surface area contributed by atoms with Crippen LogP contribution >= 0.6 is 0 Å². The molecule has 1 N–H and O–H groups in total. The number of anilines is 1. The molecule has 0 unspecified atom stereocenters. The van der Waals surface area contributed by atoms with Gasteiger partial charge in [-0.3, -0.25) is 0 Å². The molecule has 0 aliphatic heterocycles. The summed E-state index contributed by atoms with van der Waals surface area (Å²) in [7, 11) is 5.12. The average molecular weight is 287 g/mol. The molecule has 5 heteroatoms. The molecule has 1 aromatic carbocycles. The van der Waals surface area contributed by atoms with Gasteiger partial charge in [-0.1, -0.05) is 13.3 Å². The monoisotopic (exact) mass is 287 g/mol. The van der Waals surface area contributed by atoms with E-state index in [1.54, 1.807) is 14.2 Å². The zero-order valence-electron chi connectivity index (χ0n) is 12.9. The molecule has 0 radical (unpaired) electrons. The highest BCUT2D eigenvalue weighted by atomic mass is 16.5. The Morgan fingerprint density at radius 1 is 1.10 bits per heavy atom. The first-order chi connectivity index (χ1) is 10.2. The van der Waals surface area contributed by atoms with Gasteiger partial charge in [0.25, 0.3) is 0 Å². The van der Waals surface area contributed by atoms with E-state index in [9.17, 15) is 0 Å². The van der Waals surface area contributed by atoms with Gasteiger partial charge in [0.15, 0.2) is 5.82 Å². The first-order valence-corrected chi connectivity index (χ1v) is 7.00. The Morgan fingerprint density at radius 2 is 1.90 bits per heavy atom. The molecule has 5 nitrogen and oxygen atoms in total. The van der Waals surface area contributed by atoms with E-state index in [4.69, 9.17) is 9.47 Å².